The van der Waals surface area contributed by atoms with E-state index in [1.807, 2.05) is 32.0 Å². The number of para-hydroxylation sites is 1. The summed E-state index contributed by atoms with van der Waals surface area (Å²) in [6, 6.07) is 5.91. The van der Waals surface area contributed by atoms with E-state index in [9.17, 15) is 4.79 Å². The summed E-state index contributed by atoms with van der Waals surface area (Å²) in [6.45, 7) is 5.63. The number of amides is 1. The van der Waals surface area contributed by atoms with Crippen LogP contribution in [0.2, 0.25) is 0 Å². The fourth-order valence-corrected chi connectivity index (χ4v) is 1.55. The second-order valence-corrected chi connectivity index (χ2v) is 4.20. The molecule has 0 bridgehead atoms. The molecule has 1 aromatic rings. The number of aryl methyl sites for hydroxylation is 2. The first-order valence-electron chi connectivity index (χ1n) is 5.55. The van der Waals surface area contributed by atoms with E-state index >= 15 is 0 Å². The highest BCUT2D eigenvalue weighted by Crippen LogP contribution is 2.19. The largest absolute Gasteiger partial charge is 0.393 e. The molecule has 0 spiro atoms. The van der Waals surface area contributed by atoms with Crippen molar-refractivity contribution < 1.29 is 9.90 Å². The van der Waals surface area contributed by atoms with Gasteiger partial charge in [-0.3, -0.25) is 4.79 Å². The molecule has 1 amide bonds. The van der Waals surface area contributed by atoms with Crippen molar-refractivity contribution in [2.75, 3.05) is 5.32 Å². The zero-order chi connectivity index (χ0) is 12.1. The maximum atomic E-state index is 11.6. The third-order valence-electron chi connectivity index (χ3n) is 2.53. The molecule has 88 valence electrons. The van der Waals surface area contributed by atoms with E-state index in [2.05, 4.69) is 5.32 Å². The summed E-state index contributed by atoms with van der Waals surface area (Å²) in [5, 5.41) is 12.0. The molecule has 0 heterocycles. The van der Waals surface area contributed by atoms with Gasteiger partial charge in [-0.05, 0) is 38.3 Å². The molecule has 1 rings (SSSR count). The van der Waals surface area contributed by atoms with Gasteiger partial charge in [0.15, 0.2) is 0 Å². The van der Waals surface area contributed by atoms with Gasteiger partial charge in [-0.2, -0.15) is 0 Å². The molecule has 0 aliphatic heterocycles. The minimum atomic E-state index is -0.427. The Morgan fingerprint density at radius 2 is 1.94 bits per heavy atom. The van der Waals surface area contributed by atoms with Crippen LogP contribution in [0.15, 0.2) is 18.2 Å². The molecule has 3 nitrogen and oxygen atoms in total. The Morgan fingerprint density at radius 3 is 2.44 bits per heavy atom. The lowest BCUT2D eigenvalue weighted by Gasteiger charge is -2.11. The van der Waals surface area contributed by atoms with Crippen LogP contribution < -0.4 is 5.32 Å². The van der Waals surface area contributed by atoms with E-state index in [1.54, 1.807) is 6.92 Å². The van der Waals surface area contributed by atoms with Crippen LogP contribution in [0.3, 0.4) is 0 Å². The molecule has 0 saturated heterocycles. The Balaban J connectivity index is 2.63. The molecule has 0 radical (unpaired) electrons. The van der Waals surface area contributed by atoms with Crippen molar-refractivity contribution >= 4 is 11.6 Å². The Bertz CT molecular complexity index is 352. The van der Waals surface area contributed by atoms with E-state index in [0.29, 0.717) is 12.8 Å². The number of hydrogen-bond acceptors (Lipinski definition) is 2. The van der Waals surface area contributed by atoms with Gasteiger partial charge in [0.25, 0.3) is 0 Å². The highest BCUT2D eigenvalue weighted by Gasteiger charge is 2.08. The molecule has 3 heteroatoms. The Kier molecular flexibility index (Phi) is 4.50. The van der Waals surface area contributed by atoms with Crippen LogP contribution in [0.4, 0.5) is 5.69 Å². The second kappa shape index (κ2) is 5.66. The van der Waals surface area contributed by atoms with Gasteiger partial charge in [0.1, 0.15) is 0 Å². The first-order valence-corrected chi connectivity index (χ1v) is 5.55. The van der Waals surface area contributed by atoms with Gasteiger partial charge in [0.05, 0.1) is 6.10 Å². The quantitative estimate of drug-likeness (QED) is 0.820. The number of carbonyl (C=O) groups excluding carboxylic acids is 1. The van der Waals surface area contributed by atoms with Gasteiger partial charge in [-0.1, -0.05) is 18.2 Å². The van der Waals surface area contributed by atoms with Gasteiger partial charge in [0.2, 0.25) is 5.91 Å². The fourth-order valence-electron chi connectivity index (χ4n) is 1.55. The Morgan fingerprint density at radius 1 is 1.38 bits per heavy atom. The lowest BCUT2D eigenvalue weighted by atomic mass is 10.1. The van der Waals surface area contributed by atoms with Crippen molar-refractivity contribution in [3.05, 3.63) is 29.3 Å². The third kappa shape index (κ3) is 3.66. The molecule has 1 unspecified atom stereocenters. The van der Waals surface area contributed by atoms with E-state index < -0.39 is 6.10 Å². The zero-order valence-electron chi connectivity index (χ0n) is 10.1. The summed E-state index contributed by atoms with van der Waals surface area (Å²) in [6.07, 6.45) is 0.422. The van der Waals surface area contributed by atoms with Crippen LogP contribution in [0, 0.1) is 13.8 Å². The van der Waals surface area contributed by atoms with Crippen LogP contribution in [0.5, 0.6) is 0 Å². The van der Waals surface area contributed by atoms with Crippen LogP contribution >= 0.6 is 0 Å². The molecule has 16 heavy (non-hydrogen) atoms. The number of aliphatic hydroxyl groups is 1. The molecular formula is C13H19NO2. The standard InChI is InChI=1S/C13H19NO2/c1-9-5-4-6-10(2)13(9)14-12(16)8-7-11(3)15/h4-6,11,15H,7-8H2,1-3H3,(H,14,16). The molecule has 0 aromatic heterocycles. The van der Waals surface area contributed by atoms with Crippen LogP contribution in [0.1, 0.15) is 30.9 Å². The minimum Gasteiger partial charge on any atom is -0.393 e. The number of carbonyl (C=O) groups is 1. The fraction of sp³-hybridized carbons (Fsp3) is 0.462. The molecule has 0 aliphatic rings. The summed E-state index contributed by atoms with van der Waals surface area (Å²) >= 11 is 0. The molecule has 2 N–H and O–H groups in total. The van der Waals surface area contributed by atoms with Gasteiger partial charge in [-0.25, -0.2) is 0 Å². The van der Waals surface area contributed by atoms with Gasteiger partial charge < -0.3 is 10.4 Å². The van der Waals surface area contributed by atoms with Crippen LogP contribution in [-0.4, -0.2) is 17.1 Å². The SMILES string of the molecule is Cc1cccc(C)c1NC(=O)CCC(C)O. The molecule has 0 fully saturated rings. The summed E-state index contributed by atoms with van der Waals surface area (Å²) in [7, 11) is 0. The second-order valence-electron chi connectivity index (χ2n) is 4.20. The predicted octanol–water partition coefficient (Wildman–Crippen LogP) is 2.40. The summed E-state index contributed by atoms with van der Waals surface area (Å²) in [4.78, 5) is 11.6. The topological polar surface area (TPSA) is 49.3 Å². The molecule has 1 atom stereocenters. The first kappa shape index (κ1) is 12.7. The predicted molar refractivity (Wildman–Crippen MR) is 65.5 cm³/mol. The maximum Gasteiger partial charge on any atom is 0.224 e. The number of nitrogens with one attached hydrogen (secondary N) is 1. The first-order chi connectivity index (χ1) is 7.50. The highest BCUT2D eigenvalue weighted by atomic mass is 16.3. The van der Waals surface area contributed by atoms with E-state index in [-0.39, 0.29) is 5.91 Å². The molecule has 1 aromatic carbocycles. The van der Waals surface area contributed by atoms with E-state index in [1.165, 1.54) is 0 Å². The molecular weight excluding hydrogens is 202 g/mol. The summed E-state index contributed by atoms with van der Waals surface area (Å²) < 4.78 is 0. The average molecular weight is 221 g/mol. The number of hydrogen-bond donors (Lipinski definition) is 2. The van der Waals surface area contributed by atoms with E-state index in [4.69, 9.17) is 5.11 Å². The Hall–Kier alpha value is -1.35. The van der Waals surface area contributed by atoms with Crippen molar-refractivity contribution in [2.45, 2.75) is 39.7 Å². The smallest absolute Gasteiger partial charge is 0.224 e. The van der Waals surface area contributed by atoms with E-state index in [0.717, 1.165) is 16.8 Å². The summed E-state index contributed by atoms with van der Waals surface area (Å²) in [5.41, 5.74) is 3.01. The summed E-state index contributed by atoms with van der Waals surface area (Å²) in [5.74, 6) is -0.0432. The van der Waals surface area contributed by atoms with Crippen molar-refractivity contribution in [3.63, 3.8) is 0 Å². The number of aliphatic hydroxyl groups excluding tert-OH is 1. The van der Waals surface area contributed by atoms with Crippen molar-refractivity contribution in [1.29, 1.82) is 0 Å². The van der Waals surface area contributed by atoms with Crippen molar-refractivity contribution in [3.8, 4) is 0 Å². The highest BCUT2D eigenvalue weighted by molar-refractivity contribution is 5.92. The Labute approximate surface area is 96.5 Å². The van der Waals surface area contributed by atoms with Crippen LogP contribution in [-0.2, 0) is 4.79 Å². The molecule has 0 aliphatic carbocycles. The van der Waals surface area contributed by atoms with Crippen molar-refractivity contribution in [2.24, 2.45) is 0 Å². The average Bonchev–Trinajstić information content (AvgIpc) is 2.21. The van der Waals surface area contributed by atoms with Crippen molar-refractivity contribution in [1.82, 2.24) is 0 Å². The van der Waals surface area contributed by atoms with Gasteiger partial charge >= 0.3 is 0 Å². The zero-order valence-corrected chi connectivity index (χ0v) is 10.1. The number of rotatable bonds is 4. The monoisotopic (exact) mass is 221 g/mol. The third-order valence-corrected chi connectivity index (χ3v) is 2.53. The molecule has 0 saturated carbocycles. The van der Waals surface area contributed by atoms with Crippen LogP contribution in [0.25, 0.3) is 0 Å². The minimum absolute atomic E-state index is 0.0432. The number of anilines is 1. The normalized spacial score (nSPS) is 12.2. The van der Waals surface area contributed by atoms with Gasteiger partial charge in [0, 0.05) is 12.1 Å². The van der Waals surface area contributed by atoms with Gasteiger partial charge in [-0.15, -0.1) is 0 Å². The maximum absolute atomic E-state index is 11.6. The lowest BCUT2D eigenvalue weighted by molar-refractivity contribution is -0.116. The number of benzene rings is 1. The lowest BCUT2D eigenvalue weighted by Crippen LogP contribution is -2.15.